The highest BCUT2D eigenvalue weighted by atomic mass is 79.9. The molecule has 1 N–H and O–H groups in total. The van der Waals surface area contributed by atoms with E-state index in [9.17, 15) is 0 Å². The molecule has 0 unspecified atom stereocenters. The largest absolute Gasteiger partial charge is 0.364 e. The van der Waals surface area contributed by atoms with E-state index in [1.54, 1.807) is 12.5 Å². The second-order valence-electron chi connectivity index (χ2n) is 3.18. The molecule has 2 aromatic heterocycles. The summed E-state index contributed by atoms with van der Waals surface area (Å²) in [6, 6.07) is 3.80. The number of hydrogen-bond donors (Lipinski definition) is 1. The van der Waals surface area contributed by atoms with Crippen LogP contribution >= 0.6 is 31.9 Å². The molecule has 0 fully saturated rings. The van der Waals surface area contributed by atoms with E-state index in [0.29, 0.717) is 13.1 Å². The fourth-order valence-electron chi connectivity index (χ4n) is 1.21. The molecule has 0 saturated heterocycles. The van der Waals surface area contributed by atoms with E-state index in [1.807, 2.05) is 12.1 Å². The molecule has 2 aromatic rings. The fourth-order valence-corrected chi connectivity index (χ4v) is 2.34. The molecule has 0 amide bonds. The molecule has 16 heavy (non-hydrogen) atoms. The van der Waals surface area contributed by atoms with Crippen LogP contribution in [0.1, 0.15) is 11.4 Å². The van der Waals surface area contributed by atoms with Gasteiger partial charge in [0.25, 0.3) is 0 Å². The van der Waals surface area contributed by atoms with Crippen LogP contribution < -0.4 is 5.32 Å². The zero-order valence-electron chi connectivity index (χ0n) is 8.28. The molecule has 0 aliphatic heterocycles. The van der Waals surface area contributed by atoms with Gasteiger partial charge in [-0.1, -0.05) is 5.16 Å². The molecule has 0 radical (unpaired) electrons. The van der Waals surface area contributed by atoms with Gasteiger partial charge >= 0.3 is 0 Å². The molecular formula is C10H9Br2N3O. The summed E-state index contributed by atoms with van der Waals surface area (Å²) in [6.45, 7) is 1.35. The zero-order chi connectivity index (χ0) is 11.4. The summed E-state index contributed by atoms with van der Waals surface area (Å²) >= 11 is 6.82. The summed E-state index contributed by atoms with van der Waals surface area (Å²) in [5.74, 6) is 0. The number of rotatable bonds is 4. The van der Waals surface area contributed by atoms with Crippen LogP contribution in [0, 0.1) is 0 Å². The zero-order valence-corrected chi connectivity index (χ0v) is 11.5. The minimum Gasteiger partial charge on any atom is -0.364 e. The first-order chi connectivity index (χ1) is 7.75. The van der Waals surface area contributed by atoms with Crippen molar-refractivity contribution in [1.82, 2.24) is 15.5 Å². The van der Waals surface area contributed by atoms with Crippen molar-refractivity contribution in [2.75, 3.05) is 0 Å². The number of hydrogen-bond acceptors (Lipinski definition) is 4. The van der Waals surface area contributed by atoms with Crippen LogP contribution in [0.4, 0.5) is 0 Å². The molecule has 0 aromatic carbocycles. The minimum absolute atomic E-state index is 0.667. The van der Waals surface area contributed by atoms with Crippen molar-refractivity contribution >= 4 is 31.9 Å². The number of nitrogens with one attached hydrogen (secondary N) is 1. The third-order valence-electron chi connectivity index (χ3n) is 1.97. The van der Waals surface area contributed by atoms with Crippen molar-refractivity contribution in [3.63, 3.8) is 0 Å². The van der Waals surface area contributed by atoms with E-state index in [0.717, 1.165) is 20.3 Å². The highest BCUT2D eigenvalue weighted by molar-refractivity contribution is 9.11. The predicted octanol–water partition coefficient (Wildman–Crippen LogP) is 2.88. The van der Waals surface area contributed by atoms with Crippen LogP contribution in [0.15, 0.2) is 38.1 Å². The molecule has 0 spiro atoms. The maximum absolute atomic E-state index is 4.74. The Labute approximate surface area is 110 Å². The Morgan fingerprint density at radius 2 is 2.19 bits per heavy atom. The molecule has 0 saturated carbocycles. The second kappa shape index (κ2) is 5.56. The lowest BCUT2D eigenvalue weighted by atomic mass is 10.3. The van der Waals surface area contributed by atoms with Gasteiger partial charge in [-0.25, -0.2) is 0 Å². The maximum Gasteiger partial charge on any atom is 0.124 e. The van der Waals surface area contributed by atoms with Crippen LogP contribution in [-0.4, -0.2) is 10.1 Å². The number of nitrogens with zero attached hydrogens (tertiary/aromatic N) is 2. The first kappa shape index (κ1) is 11.8. The summed E-state index contributed by atoms with van der Waals surface area (Å²) in [4.78, 5) is 4.30. The van der Waals surface area contributed by atoms with Crippen molar-refractivity contribution in [2.24, 2.45) is 0 Å². The van der Waals surface area contributed by atoms with Crippen LogP contribution in [0.3, 0.4) is 0 Å². The Bertz CT molecular complexity index is 459. The molecule has 6 heteroatoms. The van der Waals surface area contributed by atoms with Gasteiger partial charge in [-0.15, -0.1) is 0 Å². The highest BCUT2D eigenvalue weighted by Gasteiger charge is 2.02. The van der Waals surface area contributed by atoms with Gasteiger partial charge in [0.15, 0.2) is 0 Å². The van der Waals surface area contributed by atoms with Gasteiger partial charge in [0.05, 0.1) is 11.4 Å². The second-order valence-corrected chi connectivity index (χ2v) is 4.95. The quantitative estimate of drug-likeness (QED) is 0.924. The molecule has 0 aliphatic carbocycles. The first-order valence-corrected chi connectivity index (χ1v) is 6.24. The van der Waals surface area contributed by atoms with E-state index in [4.69, 9.17) is 4.52 Å². The molecule has 2 heterocycles. The third kappa shape index (κ3) is 3.13. The first-order valence-electron chi connectivity index (χ1n) is 4.65. The summed E-state index contributed by atoms with van der Waals surface area (Å²) in [6.07, 6.45) is 3.34. The van der Waals surface area contributed by atoms with Gasteiger partial charge in [-0.2, -0.15) is 0 Å². The smallest absolute Gasteiger partial charge is 0.124 e. The Morgan fingerprint density at radius 1 is 1.31 bits per heavy atom. The van der Waals surface area contributed by atoms with Crippen LogP contribution in [0.25, 0.3) is 0 Å². The average molecular weight is 347 g/mol. The predicted molar refractivity (Wildman–Crippen MR) is 66.7 cm³/mol. The number of pyridine rings is 1. The molecule has 0 bridgehead atoms. The molecule has 2 rings (SSSR count). The summed E-state index contributed by atoms with van der Waals surface area (Å²) in [7, 11) is 0. The lowest BCUT2D eigenvalue weighted by molar-refractivity contribution is 0.408. The topological polar surface area (TPSA) is 51.0 Å². The van der Waals surface area contributed by atoms with Gasteiger partial charge in [0, 0.05) is 34.3 Å². The molecule has 0 atom stereocenters. The van der Waals surface area contributed by atoms with Gasteiger partial charge in [0.2, 0.25) is 0 Å². The Balaban J connectivity index is 1.90. The van der Waals surface area contributed by atoms with E-state index in [2.05, 4.69) is 47.3 Å². The van der Waals surface area contributed by atoms with Crippen molar-refractivity contribution in [3.05, 3.63) is 44.9 Å². The van der Waals surface area contributed by atoms with Crippen LogP contribution in [0.2, 0.25) is 0 Å². The molecule has 0 aliphatic rings. The maximum atomic E-state index is 4.74. The third-order valence-corrected chi connectivity index (χ3v) is 3.09. The number of halogens is 2. The summed E-state index contributed by atoms with van der Waals surface area (Å²) in [5.41, 5.74) is 1.85. The molecule has 4 nitrogen and oxygen atoms in total. The summed E-state index contributed by atoms with van der Waals surface area (Å²) < 4.78 is 6.67. The average Bonchev–Trinajstić information content (AvgIpc) is 2.74. The van der Waals surface area contributed by atoms with Crippen LogP contribution in [0.5, 0.6) is 0 Å². The fraction of sp³-hybridized carbons (Fsp3) is 0.200. The van der Waals surface area contributed by atoms with E-state index in [1.165, 1.54) is 0 Å². The summed E-state index contributed by atoms with van der Waals surface area (Å²) in [5, 5.41) is 7.04. The Kier molecular flexibility index (Phi) is 4.09. The lowest BCUT2D eigenvalue weighted by Crippen LogP contribution is -2.14. The molecular weight excluding hydrogens is 338 g/mol. The van der Waals surface area contributed by atoms with Gasteiger partial charge in [-0.3, -0.25) is 4.98 Å². The SMILES string of the molecule is Brc1cnc(CNCc2ccon2)c(Br)c1. The van der Waals surface area contributed by atoms with Crippen molar-refractivity contribution in [3.8, 4) is 0 Å². The normalized spacial score (nSPS) is 10.6. The molecule has 84 valence electrons. The van der Waals surface area contributed by atoms with Crippen molar-refractivity contribution in [2.45, 2.75) is 13.1 Å². The van der Waals surface area contributed by atoms with E-state index < -0.39 is 0 Å². The van der Waals surface area contributed by atoms with Crippen molar-refractivity contribution < 1.29 is 4.52 Å². The minimum atomic E-state index is 0.667. The van der Waals surface area contributed by atoms with Gasteiger partial charge < -0.3 is 9.84 Å². The highest BCUT2D eigenvalue weighted by Crippen LogP contribution is 2.19. The van der Waals surface area contributed by atoms with Gasteiger partial charge in [0.1, 0.15) is 6.26 Å². The number of aromatic nitrogens is 2. The van der Waals surface area contributed by atoms with Gasteiger partial charge in [-0.05, 0) is 37.9 Å². The Hall–Kier alpha value is -0.720. The lowest BCUT2D eigenvalue weighted by Gasteiger charge is -2.04. The van der Waals surface area contributed by atoms with Crippen molar-refractivity contribution in [1.29, 1.82) is 0 Å². The van der Waals surface area contributed by atoms with E-state index in [-0.39, 0.29) is 0 Å². The standard InChI is InChI=1S/C10H9Br2N3O/c11-7-3-9(12)10(14-4-7)6-13-5-8-1-2-16-15-8/h1-4,13H,5-6H2. The van der Waals surface area contributed by atoms with E-state index >= 15 is 0 Å². The van der Waals surface area contributed by atoms with Crippen LogP contribution in [-0.2, 0) is 13.1 Å². The monoisotopic (exact) mass is 345 g/mol. The Morgan fingerprint density at radius 3 is 2.88 bits per heavy atom.